The van der Waals surface area contributed by atoms with Gasteiger partial charge in [0.25, 0.3) is 0 Å². The van der Waals surface area contributed by atoms with Crippen LogP contribution in [0, 0.1) is 35.5 Å². The Morgan fingerprint density at radius 1 is 1.33 bits per heavy atom. The van der Waals surface area contributed by atoms with Gasteiger partial charge in [0.2, 0.25) is 0 Å². The van der Waals surface area contributed by atoms with Gasteiger partial charge in [0, 0.05) is 0 Å². The predicted octanol–water partition coefficient (Wildman–Crippen LogP) is 5.44. The monoisotopic (exact) mass is 246 g/mol. The Labute approximate surface area is 114 Å². The molecule has 1 saturated carbocycles. The summed E-state index contributed by atoms with van der Waals surface area (Å²) in [5.41, 5.74) is 1.63. The van der Waals surface area contributed by atoms with E-state index in [1.807, 2.05) is 0 Å². The zero-order chi connectivity index (χ0) is 13.8. The van der Waals surface area contributed by atoms with Gasteiger partial charge >= 0.3 is 0 Å². The highest BCUT2D eigenvalue weighted by Gasteiger charge is 2.37. The van der Waals surface area contributed by atoms with Gasteiger partial charge in [-0.25, -0.2) is 0 Å². The molecule has 0 amide bonds. The summed E-state index contributed by atoms with van der Waals surface area (Å²) < 4.78 is 0. The molecule has 4 atom stereocenters. The molecule has 0 radical (unpaired) electrons. The minimum atomic E-state index is 0.459. The largest absolute Gasteiger partial charge is 0.115 e. The maximum Gasteiger partial charge on any atom is -0.00248 e. The van der Waals surface area contributed by atoms with Crippen LogP contribution < -0.4 is 0 Å². The van der Waals surface area contributed by atoms with E-state index < -0.39 is 0 Å². The molecule has 0 spiro atoms. The zero-order valence-corrected chi connectivity index (χ0v) is 12.9. The van der Waals surface area contributed by atoms with Crippen molar-refractivity contribution < 1.29 is 0 Å². The molecule has 1 fully saturated rings. The van der Waals surface area contributed by atoms with Crippen LogP contribution in [-0.2, 0) is 0 Å². The first-order chi connectivity index (χ1) is 8.42. The molecule has 0 nitrogen and oxygen atoms in total. The number of allylic oxidation sites excluding steroid dienone is 2. The lowest BCUT2D eigenvalue weighted by atomic mass is 9.67. The highest BCUT2D eigenvalue weighted by atomic mass is 14.4. The van der Waals surface area contributed by atoms with Gasteiger partial charge in [-0.3, -0.25) is 0 Å². The van der Waals surface area contributed by atoms with E-state index in [4.69, 9.17) is 6.42 Å². The Morgan fingerprint density at radius 2 is 2.00 bits per heavy atom. The highest BCUT2D eigenvalue weighted by Crippen LogP contribution is 2.47. The van der Waals surface area contributed by atoms with Gasteiger partial charge in [-0.15, -0.1) is 6.42 Å². The van der Waals surface area contributed by atoms with E-state index >= 15 is 0 Å². The third-order valence-electron chi connectivity index (χ3n) is 5.38. The van der Waals surface area contributed by atoms with E-state index in [9.17, 15) is 0 Å². The van der Waals surface area contributed by atoms with Crippen LogP contribution in [0.3, 0.4) is 0 Å². The molecule has 0 aromatic heterocycles. The van der Waals surface area contributed by atoms with Crippen LogP contribution in [0.25, 0.3) is 0 Å². The van der Waals surface area contributed by atoms with Crippen molar-refractivity contribution in [2.45, 2.75) is 66.7 Å². The zero-order valence-electron chi connectivity index (χ0n) is 12.9. The van der Waals surface area contributed by atoms with Crippen LogP contribution in [0.15, 0.2) is 11.6 Å². The van der Waals surface area contributed by atoms with Gasteiger partial charge in [0.05, 0.1) is 0 Å². The Morgan fingerprint density at radius 3 is 2.56 bits per heavy atom. The van der Waals surface area contributed by atoms with Crippen LogP contribution in [0.2, 0.25) is 0 Å². The van der Waals surface area contributed by atoms with Crippen molar-refractivity contribution in [3.8, 4) is 12.3 Å². The summed E-state index contributed by atoms with van der Waals surface area (Å²) in [5, 5.41) is 0. The lowest BCUT2D eigenvalue weighted by Crippen LogP contribution is -2.29. The lowest BCUT2D eigenvalue weighted by Gasteiger charge is -2.38. The second-order valence-electron chi connectivity index (χ2n) is 6.76. The van der Waals surface area contributed by atoms with Crippen LogP contribution >= 0.6 is 0 Å². The lowest BCUT2D eigenvalue weighted by molar-refractivity contribution is 0.122. The maximum absolute atomic E-state index is 5.54. The molecule has 18 heavy (non-hydrogen) atoms. The summed E-state index contributed by atoms with van der Waals surface area (Å²) in [4.78, 5) is 0. The number of hydrogen-bond donors (Lipinski definition) is 0. The Bertz CT molecular complexity index is 330. The molecule has 0 heteroatoms. The maximum atomic E-state index is 5.54. The van der Waals surface area contributed by atoms with Crippen molar-refractivity contribution in [1.29, 1.82) is 0 Å². The minimum Gasteiger partial charge on any atom is -0.115 e. The van der Waals surface area contributed by atoms with Gasteiger partial charge in [-0.1, -0.05) is 52.5 Å². The van der Waals surface area contributed by atoms with E-state index in [0.717, 1.165) is 24.2 Å². The van der Waals surface area contributed by atoms with E-state index in [1.54, 1.807) is 0 Å². The van der Waals surface area contributed by atoms with E-state index in [1.165, 1.54) is 31.3 Å². The first-order valence-corrected chi connectivity index (χ1v) is 7.54. The van der Waals surface area contributed by atoms with Crippen LogP contribution in [0.4, 0.5) is 0 Å². The van der Waals surface area contributed by atoms with Gasteiger partial charge in [0.1, 0.15) is 0 Å². The molecule has 0 heterocycles. The van der Waals surface area contributed by atoms with Gasteiger partial charge in [-0.05, 0) is 54.9 Å². The van der Waals surface area contributed by atoms with Crippen LogP contribution in [0.5, 0.6) is 0 Å². The minimum absolute atomic E-state index is 0.459. The number of rotatable bonds is 3. The van der Waals surface area contributed by atoms with Crippen molar-refractivity contribution in [3.63, 3.8) is 0 Å². The van der Waals surface area contributed by atoms with Crippen molar-refractivity contribution in [3.05, 3.63) is 11.6 Å². The van der Waals surface area contributed by atoms with E-state index in [0.29, 0.717) is 5.41 Å². The van der Waals surface area contributed by atoms with Gasteiger partial charge in [0.15, 0.2) is 0 Å². The molecule has 102 valence electrons. The molecule has 0 bridgehead atoms. The molecule has 1 aliphatic carbocycles. The fourth-order valence-electron chi connectivity index (χ4n) is 3.62. The standard InChI is InChI=1S/C18H30/c1-7-17(8-2)11-12-18(6)13-14(3)9-10-15(4)16(18)5/h1,8,14-16H,9-13H2,2-6H3/b17-8-/t14-,15?,16?,18?/m0/s1. The van der Waals surface area contributed by atoms with Crippen molar-refractivity contribution >= 4 is 0 Å². The molecule has 0 aromatic rings. The number of hydrogen-bond acceptors (Lipinski definition) is 0. The quantitative estimate of drug-likeness (QED) is 0.459. The highest BCUT2D eigenvalue weighted by molar-refractivity contribution is 5.24. The summed E-state index contributed by atoms with van der Waals surface area (Å²) in [5.74, 6) is 5.34. The van der Waals surface area contributed by atoms with Gasteiger partial charge < -0.3 is 0 Å². The Hall–Kier alpha value is -0.700. The first kappa shape index (κ1) is 15.4. The number of terminal acetylenes is 1. The summed E-state index contributed by atoms with van der Waals surface area (Å²) in [7, 11) is 0. The molecule has 0 aromatic carbocycles. The molecule has 1 aliphatic rings. The average Bonchev–Trinajstić information content (AvgIpc) is 2.44. The fourth-order valence-corrected chi connectivity index (χ4v) is 3.62. The SMILES string of the molecule is C#C/C(=C/C)CCC1(C)C[C@@H](C)CCC(C)C1C. The molecule has 0 N–H and O–H groups in total. The smallest absolute Gasteiger partial charge is 0.00248 e. The molecular formula is C18H30. The molecular weight excluding hydrogens is 216 g/mol. The van der Waals surface area contributed by atoms with Crippen molar-refractivity contribution in [1.82, 2.24) is 0 Å². The van der Waals surface area contributed by atoms with Crippen LogP contribution in [0.1, 0.15) is 66.7 Å². The van der Waals surface area contributed by atoms with E-state index in [2.05, 4.69) is 46.6 Å². The molecule has 1 rings (SSSR count). The third kappa shape index (κ3) is 3.64. The van der Waals surface area contributed by atoms with E-state index in [-0.39, 0.29) is 0 Å². The molecule has 0 saturated heterocycles. The topological polar surface area (TPSA) is 0 Å². The summed E-state index contributed by atoms with van der Waals surface area (Å²) in [6.45, 7) is 11.8. The second-order valence-corrected chi connectivity index (χ2v) is 6.76. The average molecular weight is 246 g/mol. The summed E-state index contributed by atoms with van der Waals surface area (Å²) >= 11 is 0. The molecule has 0 aliphatic heterocycles. The van der Waals surface area contributed by atoms with Gasteiger partial charge in [-0.2, -0.15) is 0 Å². The third-order valence-corrected chi connectivity index (χ3v) is 5.38. The van der Waals surface area contributed by atoms with Crippen molar-refractivity contribution in [2.75, 3.05) is 0 Å². The Kier molecular flexibility index (Phi) is 5.51. The summed E-state index contributed by atoms with van der Waals surface area (Å²) in [6.07, 6.45) is 14.1. The second kappa shape index (κ2) is 6.46. The Balaban J connectivity index is 2.77. The van der Waals surface area contributed by atoms with Crippen LogP contribution in [-0.4, -0.2) is 0 Å². The summed E-state index contributed by atoms with van der Waals surface area (Å²) in [6, 6.07) is 0. The van der Waals surface area contributed by atoms with Crippen molar-refractivity contribution in [2.24, 2.45) is 23.2 Å². The normalized spacial score (nSPS) is 38.0. The predicted molar refractivity (Wildman–Crippen MR) is 81.3 cm³/mol. The molecule has 3 unspecified atom stereocenters. The fraction of sp³-hybridized carbons (Fsp3) is 0.778. The first-order valence-electron chi connectivity index (χ1n) is 7.54.